The van der Waals surface area contributed by atoms with Gasteiger partial charge in [0, 0.05) is 6.42 Å². The summed E-state index contributed by atoms with van der Waals surface area (Å²) in [6, 6.07) is 10.6. The summed E-state index contributed by atoms with van der Waals surface area (Å²) in [5.41, 5.74) is 6.14. The van der Waals surface area contributed by atoms with Gasteiger partial charge in [0.25, 0.3) is 0 Å². The fourth-order valence-electron chi connectivity index (χ4n) is 1.52. The molecule has 1 aliphatic rings. The summed E-state index contributed by atoms with van der Waals surface area (Å²) in [6.45, 7) is 0. The molecule has 0 aliphatic heterocycles. The first-order chi connectivity index (χ1) is 5.95. The molecule has 0 saturated carbocycles. The zero-order chi connectivity index (χ0) is 8.23. The number of hydrogen-bond acceptors (Lipinski definition) is 0. The van der Waals surface area contributed by atoms with Gasteiger partial charge >= 0.3 is 0 Å². The highest BCUT2D eigenvalue weighted by Crippen LogP contribution is 2.16. The Morgan fingerprint density at radius 1 is 1.17 bits per heavy atom. The van der Waals surface area contributed by atoms with Gasteiger partial charge in [-0.2, -0.15) is 0 Å². The SMILES string of the molecule is C1=CCCC=1Cc1ccccc1. The molecule has 12 heavy (non-hydrogen) atoms. The van der Waals surface area contributed by atoms with E-state index in [-0.39, 0.29) is 0 Å². The first-order valence-electron chi connectivity index (χ1n) is 4.42. The molecule has 0 bridgehead atoms. The normalized spacial score (nSPS) is 14.8. The van der Waals surface area contributed by atoms with Gasteiger partial charge in [-0.1, -0.05) is 30.3 Å². The largest absolute Gasteiger partial charge is 0.126 e. The van der Waals surface area contributed by atoms with Crippen molar-refractivity contribution >= 4 is 0 Å². The van der Waals surface area contributed by atoms with Crippen LogP contribution in [0, 0.1) is 0 Å². The second-order valence-corrected chi connectivity index (χ2v) is 3.15. The van der Waals surface area contributed by atoms with Gasteiger partial charge < -0.3 is 0 Å². The topological polar surface area (TPSA) is 0 Å². The lowest BCUT2D eigenvalue weighted by atomic mass is 10.1. The van der Waals surface area contributed by atoms with Gasteiger partial charge in [0.2, 0.25) is 0 Å². The van der Waals surface area contributed by atoms with Crippen LogP contribution in [0.5, 0.6) is 0 Å². The lowest BCUT2D eigenvalue weighted by Crippen LogP contribution is -1.86. The van der Waals surface area contributed by atoms with E-state index >= 15 is 0 Å². The smallest absolute Gasteiger partial charge is 0.000915 e. The van der Waals surface area contributed by atoms with Crippen LogP contribution in [-0.2, 0) is 6.42 Å². The number of rotatable bonds is 2. The molecule has 0 amide bonds. The van der Waals surface area contributed by atoms with Crippen LogP contribution < -0.4 is 0 Å². The van der Waals surface area contributed by atoms with E-state index in [1.165, 1.54) is 24.0 Å². The Hall–Kier alpha value is -1.26. The van der Waals surface area contributed by atoms with Crippen molar-refractivity contribution in [3.05, 3.63) is 53.3 Å². The first kappa shape index (κ1) is 7.39. The molecule has 0 unspecified atom stereocenters. The van der Waals surface area contributed by atoms with Crippen LogP contribution in [0.4, 0.5) is 0 Å². The van der Waals surface area contributed by atoms with Crippen LogP contribution >= 0.6 is 0 Å². The van der Waals surface area contributed by atoms with Gasteiger partial charge in [0.1, 0.15) is 0 Å². The summed E-state index contributed by atoms with van der Waals surface area (Å²) in [5.74, 6) is 0. The highest BCUT2D eigenvalue weighted by Gasteiger charge is 2.01. The lowest BCUT2D eigenvalue weighted by molar-refractivity contribution is 0.963. The lowest BCUT2D eigenvalue weighted by Gasteiger charge is -1.99. The Labute approximate surface area is 73.2 Å². The molecule has 0 saturated heterocycles. The summed E-state index contributed by atoms with van der Waals surface area (Å²) >= 11 is 0. The summed E-state index contributed by atoms with van der Waals surface area (Å²) in [4.78, 5) is 0. The molecular formula is C12H12. The van der Waals surface area contributed by atoms with Gasteiger partial charge in [-0.3, -0.25) is 0 Å². The maximum Gasteiger partial charge on any atom is 0.000915 e. The molecule has 0 radical (unpaired) electrons. The molecule has 1 aromatic carbocycles. The van der Waals surface area contributed by atoms with E-state index in [4.69, 9.17) is 0 Å². The summed E-state index contributed by atoms with van der Waals surface area (Å²) in [6.07, 6.45) is 5.60. The third kappa shape index (κ3) is 1.66. The highest BCUT2D eigenvalue weighted by molar-refractivity contribution is 5.23. The van der Waals surface area contributed by atoms with Gasteiger partial charge in [-0.15, -0.1) is 5.73 Å². The minimum atomic E-state index is 1.08. The molecule has 2 rings (SSSR count). The quantitative estimate of drug-likeness (QED) is 0.577. The van der Waals surface area contributed by atoms with Crippen molar-refractivity contribution in [1.29, 1.82) is 0 Å². The molecule has 0 fully saturated rings. The molecule has 0 nitrogen and oxygen atoms in total. The van der Waals surface area contributed by atoms with Gasteiger partial charge in [0.05, 0.1) is 0 Å². The predicted octanol–water partition coefficient (Wildman–Crippen LogP) is 3.10. The van der Waals surface area contributed by atoms with Crippen molar-refractivity contribution in [3.8, 4) is 0 Å². The number of hydrogen-bond donors (Lipinski definition) is 0. The predicted molar refractivity (Wildman–Crippen MR) is 51.0 cm³/mol. The average Bonchev–Trinajstić information content (AvgIpc) is 2.59. The third-order valence-electron chi connectivity index (χ3n) is 2.16. The van der Waals surface area contributed by atoms with E-state index in [0.717, 1.165) is 6.42 Å². The molecule has 60 valence electrons. The number of allylic oxidation sites excluding steroid dienone is 1. The Kier molecular flexibility index (Phi) is 2.11. The molecule has 0 aromatic heterocycles. The van der Waals surface area contributed by atoms with Crippen molar-refractivity contribution in [2.75, 3.05) is 0 Å². The maximum atomic E-state index is 3.30. The van der Waals surface area contributed by atoms with Crippen molar-refractivity contribution in [3.63, 3.8) is 0 Å². The summed E-state index contributed by atoms with van der Waals surface area (Å²) < 4.78 is 0. The zero-order valence-electron chi connectivity index (χ0n) is 7.09. The van der Waals surface area contributed by atoms with Crippen molar-refractivity contribution in [2.45, 2.75) is 19.3 Å². The molecule has 0 N–H and O–H groups in total. The maximum absolute atomic E-state index is 3.30. The first-order valence-corrected chi connectivity index (χ1v) is 4.42. The van der Waals surface area contributed by atoms with Crippen molar-refractivity contribution < 1.29 is 0 Å². The molecule has 1 aliphatic carbocycles. The highest BCUT2D eigenvalue weighted by atomic mass is 14.0. The van der Waals surface area contributed by atoms with Crippen molar-refractivity contribution in [1.82, 2.24) is 0 Å². The third-order valence-corrected chi connectivity index (χ3v) is 2.16. The molecule has 0 atom stereocenters. The molecule has 0 spiro atoms. The van der Waals surface area contributed by atoms with E-state index in [1.807, 2.05) is 0 Å². The van der Waals surface area contributed by atoms with Gasteiger partial charge in [-0.05, 0) is 30.1 Å². The summed E-state index contributed by atoms with van der Waals surface area (Å²) in [7, 11) is 0. The van der Waals surface area contributed by atoms with E-state index < -0.39 is 0 Å². The Balaban J connectivity index is 2.09. The molecule has 0 heterocycles. The molecule has 1 aromatic rings. The van der Waals surface area contributed by atoms with E-state index in [9.17, 15) is 0 Å². The van der Waals surface area contributed by atoms with Crippen LogP contribution in [0.1, 0.15) is 18.4 Å². The van der Waals surface area contributed by atoms with Crippen LogP contribution in [0.3, 0.4) is 0 Å². The van der Waals surface area contributed by atoms with E-state index in [0.29, 0.717) is 0 Å². The van der Waals surface area contributed by atoms with E-state index in [1.54, 1.807) is 0 Å². The second-order valence-electron chi connectivity index (χ2n) is 3.15. The zero-order valence-corrected chi connectivity index (χ0v) is 7.09. The van der Waals surface area contributed by atoms with Crippen LogP contribution in [-0.4, -0.2) is 0 Å². The average molecular weight is 156 g/mol. The standard InChI is InChI=1S/C12H12/c1-2-6-11(7-3-1)10-12-8-4-5-9-12/h1-4,6-7H,5,9-10H2. The van der Waals surface area contributed by atoms with Crippen LogP contribution in [0.2, 0.25) is 0 Å². The van der Waals surface area contributed by atoms with Crippen molar-refractivity contribution in [2.24, 2.45) is 0 Å². The fraction of sp³-hybridized carbons (Fsp3) is 0.250. The minimum absolute atomic E-state index is 1.08. The minimum Gasteiger partial charge on any atom is -0.126 e. The van der Waals surface area contributed by atoms with E-state index in [2.05, 4.69) is 42.1 Å². The summed E-state index contributed by atoms with van der Waals surface area (Å²) in [5, 5.41) is 0. The Morgan fingerprint density at radius 2 is 2.00 bits per heavy atom. The van der Waals surface area contributed by atoms with Gasteiger partial charge in [0.15, 0.2) is 0 Å². The monoisotopic (exact) mass is 156 g/mol. The molecular weight excluding hydrogens is 144 g/mol. The second kappa shape index (κ2) is 3.42. The fourth-order valence-corrected chi connectivity index (χ4v) is 1.52. The Morgan fingerprint density at radius 3 is 2.67 bits per heavy atom. The van der Waals surface area contributed by atoms with Crippen LogP contribution in [0.25, 0.3) is 0 Å². The Bertz CT molecular complexity index is 313. The van der Waals surface area contributed by atoms with Crippen LogP contribution in [0.15, 0.2) is 47.7 Å². The van der Waals surface area contributed by atoms with Gasteiger partial charge in [-0.25, -0.2) is 0 Å². The molecule has 0 heteroatoms. The number of benzene rings is 1.